The lowest BCUT2D eigenvalue weighted by Crippen LogP contribution is -2.27. The Balaban J connectivity index is 2.16. The van der Waals surface area contributed by atoms with Gasteiger partial charge in [0.2, 0.25) is 0 Å². The van der Waals surface area contributed by atoms with E-state index in [0.29, 0.717) is 12.7 Å². The standard InChI is InChI=1S/C9H18O3/c1-11-7-9(6-10)12-8-4-2-3-5-8/h8-10H,2-7H2,1H3. The predicted molar refractivity (Wildman–Crippen MR) is 46.1 cm³/mol. The second-order valence-electron chi connectivity index (χ2n) is 3.30. The molecule has 0 aliphatic heterocycles. The maximum Gasteiger partial charge on any atom is 0.104 e. The summed E-state index contributed by atoms with van der Waals surface area (Å²) in [7, 11) is 1.63. The first-order valence-electron chi connectivity index (χ1n) is 4.62. The van der Waals surface area contributed by atoms with E-state index in [1.54, 1.807) is 7.11 Å². The number of hydrogen-bond donors (Lipinski definition) is 1. The van der Waals surface area contributed by atoms with Gasteiger partial charge in [-0.2, -0.15) is 0 Å². The molecule has 1 atom stereocenters. The minimum Gasteiger partial charge on any atom is -0.394 e. The van der Waals surface area contributed by atoms with Crippen molar-refractivity contribution in [3.05, 3.63) is 0 Å². The predicted octanol–water partition coefficient (Wildman–Crippen LogP) is 0.953. The first-order chi connectivity index (χ1) is 5.86. The minimum atomic E-state index is -0.127. The Labute approximate surface area is 73.7 Å². The molecule has 3 heteroatoms. The molecule has 72 valence electrons. The van der Waals surface area contributed by atoms with Gasteiger partial charge in [-0.15, -0.1) is 0 Å². The van der Waals surface area contributed by atoms with Gasteiger partial charge >= 0.3 is 0 Å². The number of rotatable bonds is 5. The van der Waals surface area contributed by atoms with Crippen molar-refractivity contribution in [2.45, 2.75) is 37.9 Å². The van der Waals surface area contributed by atoms with E-state index >= 15 is 0 Å². The molecule has 1 rings (SSSR count). The number of methoxy groups -OCH3 is 1. The molecule has 1 aliphatic rings. The molecule has 0 radical (unpaired) electrons. The minimum absolute atomic E-state index is 0.0599. The third-order valence-corrected chi connectivity index (χ3v) is 2.24. The van der Waals surface area contributed by atoms with Gasteiger partial charge < -0.3 is 14.6 Å². The Hall–Kier alpha value is -0.120. The van der Waals surface area contributed by atoms with Crippen molar-refractivity contribution >= 4 is 0 Å². The molecular formula is C9H18O3. The Morgan fingerprint density at radius 3 is 2.58 bits per heavy atom. The summed E-state index contributed by atoms with van der Waals surface area (Å²) in [6, 6.07) is 0. The van der Waals surface area contributed by atoms with Crippen LogP contribution in [0.4, 0.5) is 0 Å². The van der Waals surface area contributed by atoms with E-state index in [2.05, 4.69) is 0 Å². The van der Waals surface area contributed by atoms with Crippen molar-refractivity contribution in [3.63, 3.8) is 0 Å². The lowest BCUT2D eigenvalue weighted by molar-refractivity contribution is -0.0679. The summed E-state index contributed by atoms with van der Waals surface area (Å²) in [6.45, 7) is 0.553. The third kappa shape index (κ3) is 3.09. The van der Waals surface area contributed by atoms with E-state index in [1.165, 1.54) is 12.8 Å². The molecule has 0 bridgehead atoms. The fourth-order valence-electron chi connectivity index (χ4n) is 1.62. The largest absolute Gasteiger partial charge is 0.394 e. The van der Waals surface area contributed by atoms with Gasteiger partial charge in [0.05, 0.1) is 19.3 Å². The first kappa shape index (κ1) is 9.96. The van der Waals surface area contributed by atoms with E-state index in [-0.39, 0.29) is 12.7 Å². The van der Waals surface area contributed by atoms with Gasteiger partial charge in [0.25, 0.3) is 0 Å². The lowest BCUT2D eigenvalue weighted by atomic mass is 10.3. The summed E-state index contributed by atoms with van der Waals surface area (Å²) in [6.07, 6.45) is 5.03. The Kier molecular flexibility index (Phi) is 4.58. The molecule has 1 unspecified atom stereocenters. The number of aliphatic hydroxyl groups is 1. The molecule has 0 amide bonds. The Bertz CT molecular complexity index is 110. The van der Waals surface area contributed by atoms with Crippen molar-refractivity contribution in [1.29, 1.82) is 0 Å². The molecule has 0 aromatic rings. The summed E-state index contributed by atoms with van der Waals surface area (Å²) in [5.41, 5.74) is 0. The van der Waals surface area contributed by atoms with Crippen LogP contribution < -0.4 is 0 Å². The molecule has 0 saturated heterocycles. The highest BCUT2D eigenvalue weighted by atomic mass is 16.5. The topological polar surface area (TPSA) is 38.7 Å². The van der Waals surface area contributed by atoms with Crippen molar-refractivity contribution < 1.29 is 14.6 Å². The second-order valence-corrected chi connectivity index (χ2v) is 3.30. The lowest BCUT2D eigenvalue weighted by Gasteiger charge is -2.19. The van der Waals surface area contributed by atoms with Gasteiger partial charge in [-0.05, 0) is 12.8 Å². The van der Waals surface area contributed by atoms with Crippen LogP contribution in [0.15, 0.2) is 0 Å². The van der Waals surface area contributed by atoms with E-state index in [9.17, 15) is 0 Å². The zero-order chi connectivity index (χ0) is 8.81. The van der Waals surface area contributed by atoms with Gasteiger partial charge in [-0.3, -0.25) is 0 Å². The zero-order valence-corrected chi connectivity index (χ0v) is 7.66. The fraction of sp³-hybridized carbons (Fsp3) is 1.00. The summed E-state index contributed by atoms with van der Waals surface area (Å²) >= 11 is 0. The van der Waals surface area contributed by atoms with Gasteiger partial charge in [-0.25, -0.2) is 0 Å². The SMILES string of the molecule is COCC(CO)OC1CCCC1. The van der Waals surface area contributed by atoms with Crippen LogP contribution in [0.2, 0.25) is 0 Å². The van der Waals surface area contributed by atoms with Crippen LogP contribution in [0, 0.1) is 0 Å². The Morgan fingerprint density at radius 1 is 1.42 bits per heavy atom. The molecule has 1 aliphatic carbocycles. The van der Waals surface area contributed by atoms with Gasteiger partial charge in [0.15, 0.2) is 0 Å². The smallest absolute Gasteiger partial charge is 0.104 e. The van der Waals surface area contributed by atoms with E-state index in [1.807, 2.05) is 0 Å². The highest BCUT2D eigenvalue weighted by Gasteiger charge is 2.19. The number of aliphatic hydroxyl groups excluding tert-OH is 1. The van der Waals surface area contributed by atoms with Crippen LogP contribution in [0.5, 0.6) is 0 Å². The number of ether oxygens (including phenoxy) is 2. The van der Waals surface area contributed by atoms with Crippen molar-refractivity contribution in [1.82, 2.24) is 0 Å². The highest BCUT2D eigenvalue weighted by Crippen LogP contribution is 2.22. The van der Waals surface area contributed by atoms with Gasteiger partial charge in [0, 0.05) is 7.11 Å². The summed E-state index contributed by atoms with van der Waals surface area (Å²) in [4.78, 5) is 0. The summed E-state index contributed by atoms with van der Waals surface area (Å²) < 4.78 is 10.5. The van der Waals surface area contributed by atoms with Crippen LogP contribution in [-0.4, -0.2) is 37.6 Å². The van der Waals surface area contributed by atoms with Gasteiger partial charge in [-0.1, -0.05) is 12.8 Å². The molecule has 0 spiro atoms. The molecule has 12 heavy (non-hydrogen) atoms. The van der Waals surface area contributed by atoms with E-state index in [0.717, 1.165) is 12.8 Å². The molecule has 0 aromatic carbocycles. The molecular weight excluding hydrogens is 156 g/mol. The van der Waals surface area contributed by atoms with Crippen molar-refractivity contribution in [2.75, 3.05) is 20.3 Å². The van der Waals surface area contributed by atoms with E-state index < -0.39 is 0 Å². The molecule has 1 fully saturated rings. The molecule has 0 aromatic heterocycles. The van der Waals surface area contributed by atoms with Crippen LogP contribution in [0.1, 0.15) is 25.7 Å². The highest BCUT2D eigenvalue weighted by molar-refractivity contribution is 4.69. The van der Waals surface area contributed by atoms with Crippen LogP contribution in [0.25, 0.3) is 0 Å². The summed E-state index contributed by atoms with van der Waals surface area (Å²) in [5, 5.41) is 8.91. The maximum absolute atomic E-state index is 8.91. The second kappa shape index (κ2) is 5.51. The summed E-state index contributed by atoms with van der Waals surface area (Å²) in [5.74, 6) is 0. The van der Waals surface area contributed by atoms with Crippen molar-refractivity contribution in [3.8, 4) is 0 Å². The average molecular weight is 174 g/mol. The molecule has 1 N–H and O–H groups in total. The average Bonchev–Trinajstić information content (AvgIpc) is 2.56. The van der Waals surface area contributed by atoms with Crippen LogP contribution >= 0.6 is 0 Å². The fourth-order valence-corrected chi connectivity index (χ4v) is 1.62. The number of hydrogen-bond acceptors (Lipinski definition) is 3. The molecule has 1 saturated carbocycles. The van der Waals surface area contributed by atoms with Gasteiger partial charge in [0.1, 0.15) is 6.10 Å². The monoisotopic (exact) mass is 174 g/mol. The third-order valence-electron chi connectivity index (χ3n) is 2.24. The quantitative estimate of drug-likeness (QED) is 0.674. The van der Waals surface area contributed by atoms with Crippen LogP contribution in [0.3, 0.4) is 0 Å². The zero-order valence-electron chi connectivity index (χ0n) is 7.66. The Morgan fingerprint density at radius 2 is 2.08 bits per heavy atom. The van der Waals surface area contributed by atoms with Crippen molar-refractivity contribution in [2.24, 2.45) is 0 Å². The normalized spacial score (nSPS) is 21.5. The molecule has 3 nitrogen and oxygen atoms in total. The molecule has 0 heterocycles. The van der Waals surface area contributed by atoms with E-state index in [4.69, 9.17) is 14.6 Å². The first-order valence-corrected chi connectivity index (χ1v) is 4.62. The van der Waals surface area contributed by atoms with Crippen LogP contribution in [-0.2, 0) is 9.47 Å². The maximum atomic E-state index is 8.91.